The van der Waals surface area contributed by atoms with Gasteiger partial charge in [0, 0.05) is 36.1 Å². The van der Waals surface area contributed by atoms with E-state index in [-0.39, 0.29) is 5.91 Å². The van der Waals surface area contributed by atoms with Crippen LogP contribution in [0.15, 0.2) is 18.2 Å². The summed E-state index contributed by atoms with van der Waals surface area (Å²) in [4.78, 5) is 17.1. The summed E-state index contributed by atoms with van der Waals surface area (Å²) >= 11 is 6.04. The van der Waals surface area contributed by atoms with E-state index in [0.717, 1.165) is 57.5 Å². The van der Waals surface area contributed by atoms with Gasteiger partial charge in [-0.3, -0.25) is 14.6 Å². The van der Waals surface area contributed by atoms with E-state index in [2.05, 4.69) is 22.0 Å². The van der Waals surface area contributed by atoms with Gasteiger partial charge in [-0.15, -0.1) is 0 Å². The molecule has 2 N–H and O–H groups in total. The Bertz CT molecular complexity index is 647. The first kappa shape index (κ1) is 21.4. The molecule has 1 aromatic rings. The Kier molecular flexibility index (Phi) is 8.00. The zero-order valence-electron chi connectivity index (χ0n) is 17.0. The number of amides is 1. The summed E-state index contributed by atoms with van der Waals surface area (Å²) in [6.45, 7) is 7.98. The van der Waals surface area contributed by atoms with E-state index in [1.165, 1.54) is 19.4 Å². The van der Waals surface area contributed by atoms with E-state index < -0.39 is 0 Å². The number of benzene rings is 1. The molecular formula is C22H34ClN3O2. The van der Waals surface area contributed by atoms with E-state index in [1.54, 1.807) is 12.1 Å². The number of nitrogens with one attached hydrogen (secondary N) is 1. The van der Waals surface area contributed by atoms with Gasteiger partial charge >= 0.3 is 0 Å². The molecule has 3 rings (SSSR count). The highest BCUT2D eigenvalue weighted by atomic mass is 35.5. The number of piperidine rings is 1. The molecule has 0 radical (unpaired) electrons. The van der Waals surface area contributed by atoms with Crippen LogP contribution < -0.4 is 5.32 Å². The Morgan fingerprint density at radius 3 is 2.79 bits per heavy atom. The highest BCUT2D eigenvalue weighted by Gasteiger charge is 2.24. The number of hydrogen-bond acceptors (Lipinski definition) is 4. The molecule has 2 heterocycles. The number of rotatable bonds is 8. The summed E-state index contributed by atoms with van der Waals surface area (Å²) in [6.07, 6.45) is 6.29. The lowest BCUT2D eigenvalue weighted by Gasteiger charge is -2.32. The molecule has 1 aromatic carbocycles. The number of phenolic OH excluding ortho intramolecular Hbond substituents is 1. The first-order valence-electron chi connectivity index (χ1n) is 10.8. The minimum absolute atomic E-state index is 0.203. The fourth-order valence-corrected chi connectivity index (χ4v) is 4.75. The second-order valence-corrected chi connectivity index (χ2v) is 8.70. The average Bonchev–Trinajstić information content (AvgIpc) is 3.16. The van der Waals surface area contributed by atoms with Crippen molar-refractivity contribution in [2.24, 2.45) is 5.92 Å². The number of nitrogens with zero attached hydrogens (tertiary/aromatic N) is 2. The average molecular weight is 408 g/mol. The molecule has 5 nitrogen and oxygen atoms in total. The van der Waals surface area contributed by atoms with Crippen molar-refractivity contribution >= 4 is 17.5 Å². The predicted octanol–water partition coefficient (Wildman–Crippen LogP) is 3.64. The molecule has 2 fully saturated rings. The van der Waals surface area contributed by atoms with Crippen LogP contribution in [0.3, 0.4) is 0 Å². The lowest BCUT2D eigenvalue weighted by molar-refractivity contribution is -0.121. The number of halogens is 1. The monoisotopic (exact) mass is 407 g/mol. The summed E-state index contributed by atoms with van der Waals surface area (Å²) in [6, 6.07) is 5.75. The topological polar surface area (TPSA) is 55.8 Å². The molecule has 6 heteroatoms. The first-order chi connectivity index (χ1) is 13.5. The van der Waals surface area contributed by atoms with Crippen molar-refractivity contribution < 1.29 is 9.90 Å². The maximum atomic E-state index is 12.2. The largest absolute Gasteiger partial charge is 0.508 e. The van der Waals surface area contributed by atoms with Gasteiger partial charge in [-0.2, -0.15) is 0 Å². The van der Waals surface area contributed by atoms with Gasteiger partial charge in [-0.1, -0.05) is 18.5 Å². The van der Waals surface area contributed by atoms with E-state index in [0.29, 0.717) is 29.2 Å². The number of aromatic hydroxyl groups is 1. The number of likely N-dealkylation sites (N-methyl/N-ethyl adjacent to an activating group) is 1. The molecule has 28 heavy (non-hydrogen) atoms. The fourth-order valence-electron chi connectivity index (χ4n) is 4.55. The van der Waals surface area contributed by atoms with Crippen LogP contribution in [0, 0.1) is 5.92 Å². The van der Waals surface area contributed by atoms with E-state index in [9.17, 15) is 9.90 Å². The SMILES string of the molecule is CCN1CCC[C@H]1CNC(=O)CCC1CCN(Cc2cc(Cl)ccc2O)CC1. The molecule has 0 saturated carbocycles. The van der Waals surface area contributed by atoms with Gasteiger partial charge in [0.15, 0.2) is 0 Å². The van der Waals surface area contributed by atoms with Crippen molar-refractivity contribution in [1.29, 1.82) is 0 Å². The third-order valence-corrected chi connectivity index (χ3v) is 6.60. The molecule has 156 valence electrons. The Hall–Kier alpha value is -1.30. The summed E-state index contributed by atoms with van der Waals surface area (Å²) in [5.41, 5.74) is 0.887. The molecule has 0 bridgehead atoms. The summed E-state index contributed by atoms with van der Waals surface area (Å²) in [5.74, 6) is 1.13. The Morgan fingerprint density at radius 1 is 1.25 bits per heavy atom. The third kappa shape index (κ3) is 6.10. The minimum Gasteiger partial charge on any atom is -0.508 e. The fraction of sp³-hybridized carbons (Fsp3) is 0.682. The predicted molar refractivity (Wildman–Crippen MR) is 114 cm³/mol. The molecule has 0 aliphatic carbocycles. The summed E-state index contributed by atoms with van der Waals surface area (Å²) < 4.78 is 0. The second-order valence-electron chi connectivity index (χ2n) is 8.26. The lowest BCUT2D eigenvalue weighted by atomic mass is 9.92. The lowest BCUT2D eigenvalue weighted by Crippen LogP contribution is -2.40. The van der Waals surface area contributed by atoms with Crippen LogP contribution >= 0.6 is 11.6 Å². The zero-order valence-corrected chi connectivity index (χ0v) is 17.8. The molecule has 0 unspecified atom stereocenters. The molecule has 1 amide bonds. The van der Waals surface area contributed by atoms with Gasteiger partial charge in [0.1, 0.15) is 5.75 Å². The third-order valence-electron chi connectivity index (χ3n) is 6.36. The van der Waals surface area contributed by atoms with Crippen LogP contribution in [0.1, 0.15) is 51.0 Å². The summed E-state index contributed by atoms with van der Waals surface area (Å²) in [7, 11) is 0. The molecule has 0 spiro atoms. The Balaban J connectivity index is 1.33. The summed E-state index contributed by atoms with van der Waals surface area (Å²) in [5, 5.41) is 13.8. The van der Waals surface area contributed by atoms with Crippen LogP contribution in [0.4, 0.5) is 0 Å². The van der Waals surface area contributed by atoms with Crippen molar-refractivity contribution in [1.82, 2.24) is 15.1 Å². The Labute approximate surface area is 174 Å². The molecule has 0 aromatic heterocycles. The van der Waals surface area contributed by atoms with Crippen molar-refractivity contribution in [2.75, 3.05) is 32.7 Å². The molecule has 2 aliphatic rings. The van der Waals surface area contributed by atoms with Gasteiger partial charge in [0.05, 0.1) is 0 Å². The van der Waals surface area contributed by atoms with Gasteiger partial charge < -0.3 is 10.4 Å². The van der Waals surface area contributed by atoms with E-state index >= 15 is 0 Å². The number of carbonyl (C=O) groups is 1. The van der Waals surface area contributed by atoms with Crippen molar-refractivity contribution in [3.05, 3.63) is 28.8 Å². The van der Waals surface area contributed by atoms with E-state index in [1.807, 2.05) is 6.07 Å². The Morgan fingerprint density at radius 2 is 2.04 bits per heavy atom. The smallest absolute Gasteiger partial charge is 0.220 e. The number of phenols is 1. The van der Waals surface area contributed by atoms with Crippen LogP contribution in [0.25, 0.3) is 0 Å². The van der Waals surface area contributed by atoms with E-state index in [4.69, 9.17) is 11.6 Å². The van der Waals surface area contributed by atoms with Crippen molar-refractivity contribution in [2.45, 2.75) is 58.0 Å². The van der Waals surface area contributed by atoms with Gasteiger partial charge in [0.25, 0.3) is 0 Å². The highest BCUT2D eigenvalue weighted by Crippen LogP contribution is 2.27. The van der Waals surface area contributed by atoms with Crippen molar-refractivity contribution in [3.8, 4) is 5.75 Å². The van der Waals surface area contributed by atoms with Crippen LogP contribution in [0.2, 0.25) is 5.02 Å². The quantitative estimate of drug-likeness (QED) is 0.690. The number of likely N-dealkylation sites (tertiary alicyclic amines) is 2. The normalized spacial score (nSPS) is 21.9. The van der Waals surface area contributed by atoms with Gasteiger partial charge in [-0.05, 0) is 82.4 Å². The first-order valence-corrected chi connectivity index (χ1v) is 11.1. The molecule has 2 aliphatic heterocycles. The molecular weight excluding hydrogens is 374 g/mol. The molecule has 1 atom stereocenters. The molecule has 2 saturated heterocycles. The maximum Gasteiger partial charge on any atom is 0.220 e. The highest BCUT2D eigenvalue weighted by molar-refractivity contribution is 6.30. The van der Waals surface area contributed by atoms with Crippen LogP contribution in [-0.4, -0.2) is 59.6 Å². The van der Waals surface area contributed by atoms with Crippen LogP contribution in [0.5, 0.6) is 5.75 Å². The van der Waals surface area contributed by atoms with Crippen LogP contribution in [-0.2, 0) is 11.3 Å². The van der Waals surface area contributed by atoms with Gasteiger partial charge in [0.2, 0.25) is 5.91 Å². The second kappa shape index (κ2) is 10.5. The van der Waals surface area contributed by atoms with Gasteiger partial charge in [-0.25, -0.2) is 0 Å². The number of carbonyl (C=O) groups excluding carboxylic acids is 1. The number of hydrogen-bond donors (Lipinski definition) is 2. The van der Waals surface area contributed by atoms with Crippen molar-refractivity contribution in [3.63, 3.8) is 0 Å². The zero-order chi connectivity index (χ0) is 19.9. The maximum absolute atomic E-state index is 12.2. The standard InChI is InChI=1S/C22H34ClN3O2/c1-2-26-11-3-4-20(26)15-24-22(28)8-5-17-9-12-25(13-10-17)16-18-14-19(23)6-7-21(18)27/h6-7,14,17,20,27H,2-5,8-13,15-16H2,1H3,(H,24,28)/t20-/m0/s1. The minimum atomic E-state index is 0.203.